The maximum absolute atomic E-state index is 11.5. The molecule has 0 saturated heterocycles. The molecule has 0 radical (unpaired) electrons. The summed E-state index contributed by atoms with van der Waals surface area (Å²) in [6.45, 7) is 5.18. The average molecular weight is 341 g/mol. The predicted molar refractivity (Wildman–Crippen MR) is 95.4 cm³/mol. The number of nitriles is 1. The number of hydrogen-bond donors (Lipinski definition) is 0. The van der Waals surface area contributed by atoms with Gasteiger partial charge in [0.2, 0.25) is 0 Å². The normalized spacial score (nSPS) is 11.7. The molecule has 2 aromatic carbocycles. The molecule has 0 saturated carbocycles. The van der Waals surface area contributed by atoms with Crippen LogP contribution < -0.4 is 4.74 Å². The molecule has 0 amide bonds. The summed E-state index contributed by atoms with van der Waals surface area (Å²) in [6, 6.07) is 13.4. The Morgan fingerprint density at radius 1 is 1.08 bits per heavy atom. The molecule has 2 aromatic rings. The zero-order valence-corrected chi connectivity index (χ0v) is 14.7. The van der Waals surface area contributed by atoms with Crippen molar-refractivity contribution in [2.24, 2.45) is 5.92 Å². The SMILES string of the molecule is CCC(C)C(=O)OCCOCCOc1cccc2c(C#N)cccc12. The van der Waals surface area contributed by atoms with Gasteiger partial charge in [0.1, 0.15) is 19.0 Å². The van der Waals surface area contributed by atoms with E-state index in [0.29, 0.717) is 25.4 Å². The largest absolute Gasteiger partial charge is 0.491 e. The van der Waals surface area contributed by atoms with Crippen molar-refractivity contribution in [3.05, 3.63) is 42.0 Å². The van der Waals surface area contributed by atoms with E-state index in [2.05, 4.69) is 6.07 Å². The van der Waals surface area contributed by atoms with Crippen molar-refractivity contribution in [1.82, 2.24) is 0 Å². The molecule has 0 bridgehead atoms. The molecule has 25 heavy (non-hydrogen) atoms. The van der Waals surface area contributed by atoms with E-state index < -0.39 is 0 Å². The number of nitrogens with zero attached hydrogens (tertiary/aromatic N) is 1. The van der Waals surface area contributed by atoms with Crippen LogP contribution >= 0.6 is 0 Å². The van der Waals surface area contributed by atoms with Crippen LogP contribution in [0.25, 0.3) is 10.8 Å². The van der Waals surface area contributed by atoms with Gasteiger partial charge in [-0.2, -0.15) is 5.26 Å². The first-order valence-electron chi connectivity index (χ1n) is 8.46. The fourth-order valence-corrected chi connectivity index (χ4v) is 2.33. The second kappa shape index (κ2) is 9.65. The summed E-state index contributed by atoms with van der Waals surface area (Å²) in [4.78, 5) is 11.5. The molecule has 0 heterocycles. The third-order valence-electron chi connectivity index (χ3n) is 3.97. The van der Waals surface area contributed by atoms with Crippen molar-refractivity contribution in [2.45, 2.75) is 20.3 Å². The standard InChI is InChI=1S/C20H23NO4/c1-3-15(2)20(22)25-13-11-23-10-12-24-19-9-5-7-17-16(14-21)6-4-8-18(17)19/h4-9,15H,3,10-13H2,1-2H3. The van der Waals surface area contributed by atoms with Gasteiger partial charge >= 0.3 is 5.97 Å². The molecule has 0 N–H and O–H groups in total. The number of benzene rings is 2. The maximum atomic E-state index is 11.5. The smallest absolute Gasteiger partial charge is 0.308 e. The van der Waals surface area contributed by atoms with Gasteiger partial charge < -0.3 is 14.2 Å². The number of fused-ring (bicyclic) bond motifs is 1. The fraction of sp³-hybridized carbons (Fsp3) is 0.400. The fourth-order valence-electron chi connectivity index (χ4n) is 2.33. The van der Waals surface area contributed by atoms with Crippen LogP contribution in [0.2, 0.25) is 0 Å². The van der Waals surface area contributed by atoms with Crippen LogP contribution in [0.15, 0.2) is 36.4 Å². The Bertz CT molecular complexity index is 751. The van der Waals surface area contributed by atoms with E-state index in [9.17, 15) is 4.79 Å². The lowest BCUT2D eigenvalue weighted by atomic mass is 10.0. The predicted octanol–water partition coefficient (Wildman–Crippen LogP) is 3.70. The minimum atomic E-state index is -0.189. The third kappa shape index (κ3) is 5.20. The second-order valence-electron chi connectivity index (χ2n) is 5.71. The molecule has 1 atom stereocenters. The van der Waals surface area contributed by atoms with Crippen LogP contribution in [0, 0.1) is 17.2 Å². The lowest BCUT2D eigenvalue weighted by molar-refractivity contribution is -0.149. The van der Waals surface area contributed by atoms with Gasteiger partial charge in [-0.05, 0) is 18.6 Å². The van der Waals surface area contributed by atoms with Gasteiger partial charge in [-0.3, -0.25) is 4.79 Å². The molecule has 5 nitrogen and oxygen atoms in total. The highest BCUT2D eigenvalue weighted by atomic mass is 16.6. The van der Waals surface area contributed by atoms with Gasteiger partial charge in [0, 0.05) is 10.8 Å². The number of esters is 1. The summed E-state index contributed by atoms with van der Waals surface area (Å²) >= 11 is 0. The molecule has 5 heteroatoms. The van der Waals surface area contributed by atoms with Crippen molar-refractivity contribution >= 4 is 16.7 Å². The minimum Gasteiger partial charge on any atom is -0.491 e. The van der Waals surface area contributed by atoms with Crippen molar-refractivity contribution < 1.29 is 19.0 Å². The number of carbonyl (C=O) groups excluding carboxylic acids is 1. The molecule has 0 aliphatic rings. The van der Waals surface area contributed by atoms with Gasteiger partial charge in [-0.25, -0.2) is 0 Å². The van der Waals surface area contributed by atoms with Crippen LogP contribution in [0.5, 0.6) is 5.75 Å². The second-order valence-corrected chi connectivity index (χ2v) is 5.71. The summed E-state index contributed by atoms with van der Waals surface area (Å²) in [5.41, 5.74) is 0.627. The maximum Gasteiger partial charge on any atom is 0.308 e. The molecule has 0 aliphatic carbocycles. The Morgan fingerprint density at radius 3 is 2.56 bits per heavy atom. The van der Waals surface area contributed by atoms with Gasteiger partial charge in [0.15, 0.2) is 0 Å². The van der Waals surface area contributed by atoms with Gasteiger partial charge in [-0.1, -0.05) is 38.1 Å². The molecular formula is C20H23NO4. The zero-order valence-electron chi connectivity index (χ0n) is 14.7. The lowest BCUT2D eigenvalue weighted by Gasteiger charge is -2.11. The quantitative estimate of drug-likeness (QED) is 0.514. The summed E-state index contributed by atoms with van der Waals surface area (Å²) in [7, 11) is 0. The molecule has 2 rings (SSSR count). The minimum absolute atomic E-state index is 0.0759. The van der Waals surface area contributed by atoms with Crippen molar-refractivity contribution in [3.63, 3.8) is 0 Å². The monoisotopic (exact) mass is 341 g/mol. The van der Waals surface area contributed by atoms with Crippen LogP contribution in [0.4, 0.5) is 0 Å². The zero-order chi connectivity index (χ0) is 18.1. The molecular weight excluding hydrogens is 318 g/mol. The first-order chi connectivity index (χ1) is 12.2. The lowest BCUT2D eigenvalue weighted by Crippen LogP contribution is -2.18. The van der Waals surface area contributed by atoms with E-state index in [-0.39, 0.29) is 18.5 Å². The van der Waals surface area contributed by atoms with E-state index in [1.165, 1.54) is 0 Å². The molecule has 0 aliphatic heterocycles. The molecule has 132 valence electrons. The summed E-state index contributed by atoms with van der Waals surface area (Å²) in [5, 5.41) is 10.9. The highest BCUT2D eigenvalue weighted by molar-refractivity contribution is 5.92. The molecule has 0 fully saturated rings. The first kappa shape index (κ1) is 18.8. The van der Waals surface area contributed by atoms with Crippen LogP contribution in [-0.2, 0) is 14.3 Å². The number of rotatable bonds is 9. The van der Waals surface area contributed by atoms with Crippen molar-refractivity contribution in [3.8, 4) is 11.8 Å². The molecule has 0 aromatic heterocycles. The summed E-state index contributed by atoms with van der Waals surface area (Å²) in [6.07, 6.45) is 0.770. The van der Waals surface area contributed by atoms with E-state index in [1.807, 2.05) is 44.2 Å². The van der Waals surface area contributed by atoms with Crippen LogP contribution in [0.1, 0.15) is 25.8 Å². The van der Waals surface area contributed by atoms with Gasteiger partial charge in [0.25, 0.3) is 0 Å². The average Bonchev–Trinajstić information content (AvgIpc) is 2.65. The molecule has 0 spiro atoms. The van der Waals surface area contributed by atoms with Crippen LogP contribution in [-0.4, -0.2) is 32.4 Å². The molecule has 1 unspecified atom stereocenters. The van der Waals surface area contributed by atoms with Gasteiger partial charge in [0.05, 0.1) is 30.8 Å². The van der Waals surface area contributed by atoms with E-state index in [4.69, 9.17) is 19.5 Å². The number of hydrogen-bond acceptors (Lipinski definition) is 5. The Kier molecular flexibility index (Phi) is 7.24. The number of carbonyl (C=O) groups is 1. The first-order valence-corrected chi connectivity index (χ1v) is 8.46. The highest BCUT2D eigenvalue weighted by Gasteiger charge is 2.11. The van der Waals surface area contributed by atoms with Crippen LogP contribution in [0.3, 0.4) is 0 Å². The Labute approximate surface area is 148 Å². The Hall–Kier alpha value is -2.58. The Morgan fingerprint density at radius 2 is 1.80 bits per heavy atom. The topological polar surface area (TPSA) is 68.6 Å². The number of ether oxygens (including phenoxy) is 3. The van der Waals surface area contributed by atoms with Crippen molar-refractivity contribution in [1.29, 1.82) is 5.26 Å². The van der Waals surface area contributed by atoms with E-state index in [1.54, 1.807) is 6.07 Å². The van der Waals surface area contributed by atoms with Crippen molar-refractivity contribution in [2.75, 3.05) is 26.4 Å². The van der Waals surface area contributed by atoms with Gasteiger partial charge in [-0.15, -0.1) is 0 Å². The Balaban J connectivity index is 1.75. The highest BCUT2D eigenvalue weighted by Crippen LogP contribution is 2.27. The van der Waals surface area contributed by atoms with E-state index in [0.717, 1.165) is 22.9 Å². The van der Waals surface area contributed by atoms with E-state index >= 15 is 0 Å². The summed E-state index contributed by atoms with van der Waals surface area (Å²) < 4.78 is 16.3. The summed E-state index contributed by atoms with van der Waals surface area (Å²) in [5.74, 6) is 0.459. The third-order valence-corrected chi connectivity index (χ3v) is 3.97.